The summed E-state index contributed by atoms with van der Waals surface area (Å²) in [4.78, 5) is 6.49. The van der Waals surface area contributed by atoms with E-state index >= 15 is 0 Å². The lowest BCUT2D eigenvalue weighted by atomic mass is 9.87. The molecular weight excluding hydrogens is 492 g/mol. The van der Waals surface area contributed by atoms with Gasteiger partial charge in [0.1, 0.15) is 11.4 Å². The van der Waals surface area contributed by atoms with Crippen LogP contribution >= 0.6 is 0 Å². The standard InChI is InChI=1S/C35H38N4O/c1-34(2,3)26-13-11-15-28(21-26)37-23-36(30-17-7-8-18-31(30)37)25-40-39-24-38(32-19-9-10-20-33(32)39)29-16-12-14-27(22-29)35(4,5)6/h7-24H,25H2,1-6H3/q+2. The van der Waals surface area contributed by atoms with Crippen molar-refractivity contribution in [3.8, 4) is 11.4 Å². The van der Waals surface area contributed by atoms with Crippen molar-refractivity contribution in [2.45, 2.75) is 59.1 Å². The topological polar surface area (TPSA) is 26.8 Å². The summed E-state index contributed by atoms with van der Waals surface area (Å²) >= 11 is 0. The van der Waals surface area contributed by atoms with Gasteiger partial charge < -0.3 is 0 Å². The maximum atomic E-state index is 6.49. The van der Waals surface area contributed by atoms with Crippen LogP contribution in [0.2, 0.25) is 0 Å². The fraction of sp³-hybridized carbons (Fsp3) is 0.257. The molecule has 0 saturated carbocycles. The van der Waals surface area contributed by atoms with Crippen LogP contribution < -0.4 is 14.1 Å². The lowest BCUT2D eigenvalue weighted by molar-refractivity contribution is -0.931. The van der Waals surface area contributed by atoms with Gasteiger partial charge in [-0.2, -0.15) is 13.7 Å². The van der Waals surface area contributed by atoms with Gasteiger partial charge in [-0.25, -0.2) is 0 Å². The predicted molar refractivity (Wildman–Crippen MR) is 161 cm³/mol. The summed E-state index contributed by atoms with van der Waals surface area (Å²) in [5.41, 5.74) is 9.40. The Kier molecular flexibility index (Phi) is 6.25. The van der Waals surface area contributed by atoms with Crippen LogP contribution in [0, 0.1) is 0 Å². The Hall–Kier alpha value is -4.38. The van der Waals surface area contributed by atoms with Crippen LogP contribution in [-0.4, -0.2) is 9.13 Å². The minimum absolute atomic E-state index is 0.0721. The summed E-state index contributed by atoms with van der Waals surface area (Å²) in [6.07, 6.45) is 4.18. The third kappa shape index (κ3) is 4.77. The first-order chi connectivity index (χ1) is 19.1. The lowest BCUT2D eigenvalue weighted by Crippen LogP contribution is -2.49. The van der Waals surface area contributed by atoms with Gasteiger partial charge in [0.2, 0.25) is 5.52 Å². The number of benzene rings is 4. The Bertz CT molecular complexity index is 1690. The van der Waals surface area contributed by atoms with Crippen molar-refractivity contribution in [3.05, 3.63) is 121 Å². The summed E-state index contributed by atoms with van der Waals surface area (Å²) in [5.74, 6) is 0. The molecule has 5 nitrogen and oxygen atoms in total. The summed E-state index contributed by atoms with van der Waals surface area (Å²) in [6.45, 7) is 13.9. The fourth-order valence-electron chi connectivity index (χ4n) is 5.24. The summed E-state index contributed by atoms with van der Waals surface area (Å²) < 4.78 is 8.51. The summed E-state index contributed by atoms with van der Waals surface area (Å²) in [6, 6.07) is 34.4. The highest BCUT2D eigenvalue weighted by Gasteiger charge is 2.24. The van der Waals surface area contributed by atoms with E-state index in [0.717, 1.165) is 33.4 Å². The monoisotopic (exact) mass is 530 g/mol. The molecule has 6 rings (SSSR count). The number of rotatable bonds is 5. The van der Waals surface area contributed by atoms with Crippen LogP contribution in [0.4, 0.5) is 0 Å². The van der Waals surface area contributed by atoms with Crippen LogP contribution in [0.5, 0.6) is 0 Å². The van der Waals surface area contributed by atoms with E-state index in [4.69, 9.17) is 4.84 Å². The first-order valence-electron chi connectivity index (χ1n) is 14.0. The first kappa shape index (κ1) is 25.9. The Labute approximate surface area is 236 Å². The van der Waals surface area contributed by atoms with Gasteiger partial charge in [-0.1, -0.05) is 90.1 Å². The number of hydrogen-bond donors (Lipinski definition) is 0. The van der Waals surface area contributed by atoms with Gasteiger partial charge in [-0.05, 0) is 75.2 Å². The molecule has 0 spiro atoms. The van der Waals surface area contributed by atoms with E-state index in [0.29, 0.717) is 6.73 Å². The summed E-state index contributed by atoms with van der Waals surface area (Å²) in [7, 11) is 0. The number of aromatic nitrogens is 4. The molecule has 202 valence electrons. The third-order valence-corrected chi connectivity index (χ3v) is 7.62. The van der Waals surface area contributed by atoms with Crippen LogP contribution in [0.15, 0.2) is 110 Å². The van der Waals surface area contributed by atoms with Gasteiger partial charge in [0.05, 0.1) is 0 Å². The number of nitrogens with zero attached hydrogens (tertiary/aromatic N) is 4. The second-order valence-electron chi connectivity index (χ2n) is 12.6. The highest BCUT2D eigenvalue weighted by atomic mass is 16.7. The van der Waals surface area contributed by atoms with Gasteiger partial charge in [0.25, 0.3) is 19.4 Å². The lowest BCUT2D eigenvalue weighted by Gasteiger charge is -2.19. The van der Waals surface area contributed by atoms with Crippen molar-refractivity contribution < 1.29 is 14.1 Å². The SMILES string of the molecule is CC(C)(C)c1cccc(-n2c[n+](CO[n+]3cn(-c4cccc(C(C)(C)C)c4)c4ccccc43)c3ccccc32)c1. The van der Waals surface area contributed by atoms with Crippen molar-refractivity contribution in [1.29, 1.82) is 0 Å². The van der Waals surface area contributed by atoms with Crippen LogP contribution in [0.3, 0.4) is 0 Å². The molecule has 0 bridgehead atoms. The summed E-state index contributed by atoms with van der Waals surface area (Å²) in [5, 5.41) is 0. The number of imidazole rings is 2. The minimum atomic E-state index is 0.0721. The molecule has 2 aromatic heterocycles. The van der Waals surface area contributed by atoms with Gasteiger partial charge in [0, 0.05) is 0 Å². The van der Waals surface area contributed by atoms with Crippen molar-refractivity contribution in [1.82, 2.24) is 9.13 Å². The highest BCUT2D eigenvalue weighted by molar-refractivity contribution is 5.75. The van der Waals surface area contributed by atoms with E-state index in [-0.39, 0.29) is 10.8 Å². The molecule has 0 atom stereocenters. The van der Waals surface area contributed by atoms with E-state index in [1.54, 1.807) is 0 Å². The molecule has 0 unspecified atom stereocenters. The van der Waals surface area contributed by atoms with Gasteiger partial charge in [-0.3, -0.25) is 4.84 Å². The zero-order valence-corrected chi connectivity index (χ0v) is 24.3. The molecule has 2 heterocycles. The molecule has 0 fully saturated rings. The van der Waals surface area contributed by atoms with Gasteiger partial charge in [0.15, 0.2) is 16.6 Å². The largest absolute Gasteiger partial charge is 0.290 e. The normalized spacial score (nSPS) is 12.3. The number of para-hydroxylation sites is 4. The third-order valence-electron chi connectivity index (χ3n) is 7.62. The maximum Gasteiger partial charge on any atom is 0.290 e. The molecule has 0 saturated heterocycles. The van der Waals surface area contributed by atoms with Crippen LogP contribution in [0.25, 0.3) is 33.4 Å². The molecule has 0 aliphatic rings. The van der Waals surface area contributed by atoms with E-state index in [1.165, 1.54) is 11.1 Å². The van der Waals surface area contributed by atoms with Gasteiger partial charge >= 0.3 is 0 Å². The second-order valence-corrected chi connectivity index (χ2v) is 12.6. The highest BCUT2D eigenvalue weighted by Crippen LogP contribution is 2.27. The van der Waals surface area contributed by atoms with Crippen molar-refractivity contribution in [2.24, 2.45) is 0 Å². The molecule has 0 amide bonds. The predicted octanol–water partition coefficient (Wildman–Crippen LogP) is 6.83. The molecule has 0 aliphatic heterocycles. The maximum absolute atomic E-state index is 6.49. The van der Waals surface area contributed by atoms with Crippen molar-refractivity contribution in [3.63, 3.8) is 0 Å². The molecule has 4 aromatic carbocycles. The smallest absolute Gasteiger partial charge is 0.289 e. The molecule has 40 heavy (non-hydrogen) atoms. The van der Waals surface area contributed by atoms with Crippen molar-refractivity contribution >= 4 is 22.1 Å². The molecule has 5 heteroatoms. The second kappa shape index (κ2) is 9.67. The number of fused-ring (bicyclic) bond motifs is 2. The van der Waals surface area contributed by atoms with Gasteiger partial charge in [-0.15, -0.1) is 0 Å². The van der Waals surface area contributed by atoms with Crippen molar-refractivity contribution in [2.75, 3.05) is 0 Å². The minimum Gasteiger partial charge on any atom is -0.289 e. The van der Waals surface area contributed by atoms with Crippen LogP contribution in [0.1, 0.15) is 52.7 Å². The Balaban J connectivity index is 1.37. The van der Waals surface area contributed by atoms with E-state index in [9.17, 15) is 0 Å². The van der Waals surface area contributed by atoms with E-state index in [1.807, 2.05) is 11.1 Å². The molecule has 6 aromatic rings. The molecule has 0 aliphatic carbocycles. The van der Waals surface area contributed by atoms with E-state index in [2.05, 4.69) is 159 Å². The average molecular weight is 531 g/mol. The Morgan fingerprint density at radius 3 is 1.65 bits per heavy atom. The van der Waals surface area contributed by atoms with E-state index < -0.39 is 0 Å². The quantitative estimate of drug-likeness (QED) is 0.224. The Morgan fingerprint density at radius 1 is 0.575 bits per heavy atom. The van der Waals surface area contributed by atoms with Crippen LogP contribution in [-0.2, 0) is 17.6 Å². The first-order valence-corrected chi connectivity index (χ1v) is 14.0. The zero-order chi connectivity index (χ0) is 28.1. The molecule has 0 radical (unpaired) electrons. The fourth-order valence-corrected chi connectivity index (χ4v) is 5.24. The zero-order valence-electron chi connectivity index (χ0n) is 24.3. The molecular formula is C35H38N4O+2. The number of hydrogen-bond acceptors (Lipinski definition) is 1. The average Bonchev–Trinajstić information content (AvgIpc) is 3.50. The Morgan fingerprint density at radius 2 is 1.07 bits per heavy atom. The molecule has 0 N–H and O–H groups in total.